The minimum Gasteiger partial charge on any atom is -0.494 e. The standard InChI is InChI=1S/C30H29N7O2/c1-22-6-9-25(19-28(22)36-30-33-14-12-27(35-30)24-5-4-13-31-20-24)34-29(38)23-7-10-26(11-8-23)39-18-3-2-16-37-17-15-32-21-37/h4-15,17,19-21H,2-3,16,18H2,1H3,(H,34,38)(H,33,35,36). The zero-order valence-corrected chi connectivity index (χ0v) is 21.6. The fraction of sp³-hybridized carbons (Fsp3) is 0.167. The van der Waals surface area contributed by atoms with Crippen LogP contribution in [-0.2, 0) is 6.54 Å². The van der Waals surface area contributed by atoms with Gasteiger partial charge in [0.05, 0.1) is 18.6 Å². The number of aromatic nitrogens is 5. The third-order valence-electron chi connectivity index (χ3n) is 6.11. The lowest BCUT2D eigenvalue weighted by Crippen LogP contribution is -2.12. The highest BCUT2D eigenvalue weighted by Gasteiger charge is 2.10. The Morgan fingerprint density at radius 3 is 2.67 bits per heavy atom. The van der Waals surface area contributed by atoms with E-state index in [2.05, 4.69) is 35.1 Å². The molecule has 2 aromatic carbocycles. The van der Waals surface area contributed by atoms with Crippen LogP contribution in [0.4, 0.5) is 17.3 Å². The van der Waals surface area contributed by atoms with Crippen molar-refractivity contribution in [3.8, 4) is 17.0 Å². The van der Waals surface area contributed by atoms with Crippen LogP contribution in [-0.4, -0.2) is 37.0 Å². The van der Waals surface area contributed by atoms with Gasteiger partial charge in [0, 0.05) is 60.0 Å². The van der Waals surface area contributed by atoms with Crippen molar-refractivity contribution in [1.82, 2.24) is 24.5 Å². The van der Waals surface area contributed by atoms with E-state index in [1.807, 2.05) is 68.0 Å². The highest BCUT2D eigenvalue weighted by Crippen LogP contribution is 2.25. The van der Waals surface area contributed by atoms with Gasteiger partial charge in [0.15, 0.2) is 0 Å². The Labute approximate surface area is 227 Å². The molecule has 9 nitrogen and oxygen atoms in total. The van der Waals surface area contributed by atoms with Crippen molar-refractivity contribution in [3.63, 3.8) is 0 Å². The highest BCUT2D eigenvalue weighted by atomic mass is 16.5. The fourth-order valence-electron chi connectivity index (χ4n) is 3.96. The molecule has 0 unspecified atom stereocenters. The van der Waals surface area contributed by atoms with Crippen LogP contribution in [0.3, 0.4) is 0 Å². The number of imidazole rings is 1. The van der Waals surface area contributed by atoms with E-state index in [-0.39, 0.29) is 5.91 Å². The van der Waals surface area contributed by atoms with Gasteiger partial charge >= 0.3 is 0 Å². The number of nitrogens with one attached hydrogen (secondary N) is 2. The Hall–Kier alpha value is -5.05. The van der Waals surface area contributed by atoms with E-state index >= 15 is 0 Å². The SMILES string of the molecule is Cc1ccc(NC(=O)c2ccc(OCCCCn3ccnc3)cc2)cc1Nc1nccc(-c2cccnc2)n1. The van der Waals surface area contributed by atoms with E-state index in [0.29, 0.717) is 23.8 Å². The molecule has 0 bridgehead atoms. The second kappa shape index (κ2) is 12.5. The van der Waals surface area contributed by atoms with Gasteiger partial charge in [-0.15, -0.1) is 0 Å². The lowest BCUT2D eigenvalue weighted by atomic mass is 10.1. The van der Waals surface area contributed by atoms with Gasteiger partial charge < -0.3 is 19.9 Å². The molecule has 5 aromatic rings. The summed E-state index contributed by atoms with van der Waals surface area (Å²) >= 11 is 0. The molecule has 1 amide bonds. The van der Waals surface area contributed by atoms with Crippen LogP contribution >= 0.6 is 0 Å². The molecular weight excluding hydrogens is 490 g/mol. The molecule has 2 N–H and O–H groups in total. The van der Waals surface area contributed by atoms with Gasteiger partial charge in [0.25, 0.3) is 5.91 Å². The molecule has 0 aliphatic rings. The molecule has 0 spiro atoms. The minimum atomic E-state index is -0.202. The summed E-state index contributed by atoms with van der Waals surface area (Å²) in [5.41, 5.74) is 4.68. The molecular formula is C30H29N7O2. The molecule has 3 heterocycles. The Morgan fingerprint density at radius 1 is 0.974 bits per heavy atom. The van der Waals surface area contributed by atoms with Crippen LogP contribution < -0.4 is 15.4 Å². The molecule has 0 saturated carbocycles. The average molecular weight is 520 g/mol. The molecule has 39 heavy (non-hydrogen) atoms. The number of amides is 1. The second-order valence-corrected chi connectivity index (χ2v) is 9.00. The molecule has 0 fully saturated rings. The normalized spacial score (nSPS) is 10.7. The maximum atomic E-state index is 12.9. The predicted molar refractivity (Wildman–Crippen MR) is 151 cm³/mol. The fourth-order valence-corrected chi connectivity index (χ4v) is 3.96. The van der Waals surface area contributed by atoms with Gasteiger partial charge in [-0.2, -0.15) is 0 Å². The summed E-state index contributed by atoms with van der Waals surface area (Å²) in [6.07, 6.45) is 12.7. The van der Waals surface area contributed by atoms with E-state index in [9.17, 15) is 4.79 Å². The number of carbonyl (C=O) groups is 1. The van der Waals surface area contributed by atoms with Crippen molar-refractivity contribution < 1.29 is 9.53 Å². The van der Waals surface area contributed by atoms with Crippen LogP contribution in [0.2, 0.25) is 0 Å². The molecule has 0 saturated heterocycles. The minimum absolute atomic E-state index is 0.202. The smallest absolute Gasteiger partial charge is 0.255 e. The molecule has 3 aromatic heterocycles. The van der Waals surface area contributed by atoms with Crippen molar-refractivity contribution in [3.05, 3.63) is 109 Å². The first kappa shape index (κ1) is 25.6. The molecule has 9 heteroatoms. The number of carbonyl (C=O) groups excluding carboxylic acids is 1. The maximum absolute atomic E-state index is 12.9. The second-order valence-electron chi connectivity index (χ2n) is 9.00. The Bertz CT molecular complexity index is 1500. The van der Waals surface area contributed by atoms with Gasteiger partial charge in [0.1, 0.15) is 5.75 Å². The van der Waals surface area contributed by atoms with Gasteiger partial charge in [-0.3, -0.25) is 9.78 Å². The average Bonchev–Trinajstić information content (AvgIpc) is 3.49. The van der Waals surface area contributed by atoms with Crippen LogP contribution in [0.5, 0.6) is 5.75 Å². The number of ether oxygens (including phenoxy) is 1. The van der Waals surface area contributed by atoms with E-state index in [1.54, 1.807) is 36.9 Å². The van der Waals surface area contributed by atoms with E-state index in [0.717, 1.165) is 47.6 Å². The zero-order chi connectivity index (χ0) is 26.9. The summed E-state index contributed by atoms with van der Waals surface area (Å²) < 4.78 is 7.87. The molecule has 0 radical (unpaired) electrons. The molecule has 196 valence electrons. The first-order chi connectivity index (χ1) is 19.1. The Morgan fingerprint density at radius 2 is 1.87 bits per heavy atom. The number of benzene rings is 2. The number of pyridine rings is 1. The summed E-state index contributed by atoms with van der Waals surface area (Å²) in [5.74, 6) is 0.997. The first-order valence-electron chi connectivity index (χ1n) is 12.8. The summed E-state index contributed by atoms with van der Waals surface area (Å²) in [6, 6.07) is 18.5. The van der Waals surface area contributed by atoms with Gasteiger partial charge in [-0.1, -0.05) is 6.07 Å². The largest absolute Gasteiger partial charge is 0.494 e. The van der Waals surface area contributed by atoms with E-state index < -0.39 is 0 Å². The van der Waals surface area contributed by atoms with Gasteiger partial charge in [-0.25, -0.2) is 15.0 Å². The van der Waals surface area contributed by atoms with Gasteiger partial charge in [-0.05, 0) is 79.9 Å². The Balaban J connectivity index is 1.16. The van der Waals surface area contributed by atoms with E-state index in [4.69, 9.17) is 4.74 Å². The van der Waals surface area contributed by atoms with Gasteiger partial charge in [0.2, 0.25) is 5.95 Å². The topological polar surface area (TPSA) is 107 Å². The molecule has 5 rings (SSSR count). The quantitative estimate of drug-likeness (QED) is 0.209. The van der Waals surface area contributed by atoms with E-state index in [1.165, 1.54) is 0 Å². The lowest BCUT2D eigenvalue weighted by Gasteiger charge is -2.12. The number of aryl methyl sites for hydroxylation is 2. The molecule has 0 aliphatic carbocycles. The van der Waals surface area contributed by atoms with Crippen LogP contribution in [0.15, 0.2) is 98.0 Å². The summed E-state index contributed by atoms with van der Waals surface area (Å²) in [4.78, 5) is 30.0. The summed E-state index contributed by atoms with van der Waals surface area (Å²) in [6.45, 7) is 3.52. The van der Waals surface area contributed by atoms with Crippen molar-refractivity contribution >= 4 is 23.2 Å². The number of anilines is 3. The van der Waals surface area contributed by atoms with Crippen LogP contribution in [0, 0.1) is 6.92 Å². The number of hydrogen-bond donors (Lipinski definition) is 2. The predicted octanol–water partition coefficient (Wildman–Crippen LogP) is 5.90. The third-order valence-corrected chi connectivity index (χ3v) is 6.11. The van der Waals surface area contributed by atoms with Crippen molar-refractivity contribution in [2.75, 3.05) is 17.2 Å². The number of rotatable bonds is 11. The number of nitrogens with zero attached hydrogens (tertiary/aromatic N) is 5. The third kappa shape index (κ3) is 7.04. The van der Waals surface area contributed by atoms with Crippen molar-refractivity contribution in [2.24, 2.45) is 0 Å². The molecule has 0 aliphatic heterocycles. The number of hydrogen-bond acceptors (Lipinski definition) is 7. The zero-order valence-electron chi connectivity index (χ0n) is 21.6. The van der Waals surface area contributed by atoms with Crippen molar-refractivity contribution in [2.45, 2.75) is 26.3 Å². The van der Waals surface area contributed by atoms with Crippen LogP contribution in [0.1, 0.15) is 28.8 Å². The monoisotopic (exact) mass is 519 g/mol. The van der Waals surface area contributed by atoms with Crippen LogP contribution in [0.25, 0.3) is 11.3 Å². The van der Waals surface area contributed by atoms with Crippen molar-refractivity contribution in [1.29, 1.82) is 0 Å². The highest BCUT2D eigenvalue weighted by molar-refractivity contribution is 6.04. The lowest BCUT2D eigenvalue weighted by molar-refractivity contribution is 0.102. The maximum Gasteiger partial charge on any atom is 0.255 e. The Kier molecular flexibility index (Phi) is 8.18. The number of unbranched alkanes of at least 4 members (excludes halogenated alkanes) is 1. The molecule has 0 atom stereocenters. The summed E-state index contributed by atoms with van der Waals surface area (Å²) in [7, 11) is 0. The summed E-state index contributed by atoms with van der Waals surface area (Å²) in [5, 5.41) is 6.23. The first-order valence-corrected chi connectivity index (χ1v) is 12.8.